The van der Waals surface area contributed by atoms with Gasteiger partial charge in [0, 0.05) is 6.42 Å². The van der Waals surface area contributed by atoms with Gasteiger partial charge in [-0.25, -0.2) is 13.2 Å². The molecule has 0 heterocycles. The molecule has 0 N–H and O–H groups in total. The zero-order chi connectivity index (χ0) is 9.78. The van der Waals surface area contributed by atoms with Gasteiger partial charge in [-0.2, -0.15) is 8.42 Å². The first-order valence-electron chi connectivity index (χ1n) is 2.84. The van der Waals surface area contributed by atoms with Crippen LogP contribution in [0.3, 0.4) is 0 Å². The number of hydrogen-bond donors (Lipinski definition) is 0. The Hall–Kier alpha value is 0.630. The molecule has 9 heteroatoms. The fourth-order valence-electron chi connectivity index (χ4n) is 0.414. The topological polar surface area (TPSA) is 43.4 Å². The normalized spacial score (nSPS) is 13.9. The molecular weight excluding hydrogens is 227 g/mol. The van der Waals surface area contributed by atoms with Crippen LogP contribution in [-0.4, -0.2) is 26.8 Å². The molecule has 0 rings (SSSR count). The Morgan fingerprint density at radius 3 is 2.08 bits per heavy atom. The largest absolute Gasteiger partial charge is 1.00 e. The van der Waals surface area contributed by atoms with Crippen LogP contribution in [0.2, 0.25) is 0 Å². The zero-order valence-corrected chi connectivity index (χ0v) is 9.53. The van der Waals surface area contributed by atoms with Crippen molar-refractivity contribution in [1.29, 1.82) is 0 Å². The van der Waals surface area contributed by atoms with Gasteiger partial charge in [-0.1, -0.05) is 4.39 Å². The maximum Gasteiger partial charge on any atom is 1.00 e. The molecule has 0 radical (unpaired) electrons. The third kappa shape index (κ3) is 7.68. The van der Waals surface area contributed by atoms with E-state index in [4.69, 9.17) is 0 Å². The van der Waals surface area contributed by atoms with Gasteiger partial charge in [0.25, 0.3) is 16.5 Å². The average molecular weight is 234 g/mol. The monoisotopic (exact) mass is 234 g/mol. The predicted octanol–water partition coefficient (Wildman–Crippen LogP) is -1.67. The molecule has 0 aliphatic carbocycles. The Kier molecular flexibility index (Phi) is 8.65. The minimum absolute atomic E-state index is 0. The summed E-state index contributed by atoms with van der Waals surface area (Å²) in [6.07, 6.45) is -6.82. The average Bonchev–Trinajstić information content (AvgIpc) is 2.00. The molecule has 0 fully saturated rings. The van der Waals surface area contributed by atoms with Gasteiger partial charge in [-0.3, -0.25) is 0 Å². The Labute approximate surface area is 96.2 Å². The maximum atomic E-state index is 12.0. The fourth-order valence-corrected chi connectivity index (χ4v) is 0.991. The van der Waals surface area contributed by atoms with E-state index in [9.17, 15) is 26.1 Å². The van der Waals surface area contributed by atoms with Crippen molar-refractivity contribution in [2.45, 2.75) is 19.0 Å². The molecule has 0 saturated carbocycles. The van der Waals surface area contributed by atoms with Crippen molar-refractivity contribution >= 4 is 10.1 Å². The summed E-state index contributed by atoms with van der Waals surface area (Å²) < 4.78 is 68.5. The first kappa shape index (κ1) is 16.1. The molecule has 0 amide bonds. The standard InChI is InChI=1S/C4H6F4O3S.Na.H/c5-3(4(6)7)1-2-12(9,10)11-8;;/h3-4H,1-2H2;;/q;+1;-1. The molecular formula is C4H7F4NaO3S. The van der Waals surface area contributed by atoms with Crippen LogP contribution in [0, 0.1) is 0 Å². The quantitative estimate of drug-likeness (QED) is 0.422. The second-order valence-corrected chi connectivity index (χ2v) is 3.61. The van der Waals surface area contributed by atoms with Crippen molar-refractivity contribution in [3.63, 3.8) is 0 Å². The van der Waals surface area contributed by atoms with Gasteiger partial charge in [-0.15, -0.1) is 0 Å². The van der Waals surface area contributed by atoms with Crippen molar-refractivity contribution in [2.75, 3.05) is 5.75 Å². The van der Waals surface area contributed by atoms with Crippen LogP contribution < -0.4 is 29.6 Å². The van der Waals surface area contributed by atoms with Crippen molar-refractivity contribution in [1.82, 2.24) is 0 Å². The van der Waals surface area contributed by atoms with Crippen LogP contribution in [-0.2, 0) is 14.5 Å². The van der Waals surface area contributed by atoms with E-state index in [1.807, 2.05) is 0 Å². The van der Waals surface area contributed by atoms with Crippen molar-refractivity contribution < 1.29 is 61.5 Å². The molecule has 0 aliphatic rings. The van der Waals surface area contributed by atoms with Gasteiger partial charge in [0.15, 0.2) is 6.17 Å². The minimum Gasteiger partial charge on any atom is -1.00 e. The number of halogens is 4. The number of hydrogen-bond acceptors (Lipinski definition) is 3. The van der Waals surface area contributed by atoms with Gasteiger partial charge in [0.2, 0.25) is 0 Å². The third-order valence-electron chi connectivity index (χ3n) is 1.01. The Bertz CT molecular complexity index is 225. The zero-order valence-electron chi connectivity index (χ0n) is 7.71. The molecule has 3 nitrogen and oxygen atoms in total. The van der Waals surface area contributed by atoms with E-state index in [0.29, 0.717) is 0 Å². The first-order valence-corrected chi connectivity index (χ1v) is 4.42. The SMILES string of the molecule is O=S(=O)(CCC(F)C(F)F)OF.[H-].[Na+]. The molecule has 0 aliphatic heterocycles. The van der Waals surface area contributed by atoms with E-state index >= 15 is 0 Å². The second-order valence-electron chi connectivity index (χ2n) is 1.96. The summed E-state index contributed by atoms with van der Waals surface area (Å²) in [6.45, 7) is 0. The molecule has 0 aromatic heterocycles. The van der Waals surface area contributed by atoms with Gasteiger partial charge in [-0.05, 0) is 4.53 Å². The van der Waals surface area contributed by atoms with Crippen LogP contribution in [0.1, 0.15) is 7.85 Å². The Morgan fingerprint density at radius 1 is 1.31 bits per heavy atom. The maximum absolute atomic E-state index is 12.0. The molecule has 13 heavy (non-hydrogen) atoms. The van der Waals surface area contributed by atoms with Crippen LogP contribution in [0.4, 0.5) is 17.7 Å². The summed E-state index contributed by atoms with van der Waals surface area (Å²) in [5.41, 5.74) is 0. The van der Waals surface area contributed by atoms with E-state index in [0.717, 1.165) is 0 Å². The Morgan fingerprint density at radius 2 is 1.77 bits per heavy atom. The van der Waals surface area contributed by atoms with E-state index < -0.39 is 34.9 Å². The van der Waals surface area contributed by atoms with Crippen molar-refractivity contribution in [3.8, 4) is 0 Å². The molecule has 0 aromatic carbocycles. The number of alkyl halides is 3. The summed E-state index contributed by atoms with van der Waals surface area (Å²) >= 11 is 0. The van der Waals surface area contributed by atoms with E-state index in [1.165, 1.54) is 0 Å². The van der Waals surface area contributed by atoms with Gasteiger partial charge in [0.05, 0.1) is 5.75 Å². The molecule has 1 unspecified atom stereocenters. The van der Waals surface area contributed by atoms with E-state index in [-0.39, 0.29) is 31.0 Å². The summed E-state index contributed by atoms with van der Waals surface area (Å²) in [7, 11) is -4.49. The molecule has 0 bridgehead atoms. The predicted molar refractivity (Wildman–Crippen MR) is 32.6 cm³/mol. The smallest absolute Gasteiger partial charge is 1.00 e. The first-order chi connectivity index (χ1) is 5.39. The van der Waals surface area contributed by atoms with Crippen LogP contribution in [0.15, 0.2) is 0 Å². The third-order valence-corrected chi connectivity index (χ3v) is 1.94. The number of rotatable bonds is 5. The van der Waals surface area contributed by atoms with Gasteiger partial charge in [0.1, 0.15) is 0 Å². The van der Waals surface area contributed by atoms with Crippen LogP contribution in [0.5, 0.6) is 0 Å². The molecule has 1 atom stereocenters. The van der Waals surface area contributed by atoms with Crippen LogP contribution in [0.25, 0.3) is 0 Å². The molecule has 0 aromatic rings. The van der Waals surface area contributed by atoms with E-state index in [1.54, 1.807) is 0 Å². The molecule has 0 spiro atoms. The molecule has 0 saturated heterocycles. The van der Waals surface area contributed by atoms with Crippen LogP contribution >= 0.6 is 0 Å². The minimum atomic E-state index is -4.49. The summed E-state index contributed by atoms with van der Waals surface area (Å²) in [6, 6.07) is 0. The van der Waals surface area contributed by atoms with Crippen molar-refractivity contribution in [3.05, 3.63) is 0 Å². The van der Waals surface area contributed by atoms with Gasteiger partial charge < -0.3 is 1.43 Å². The Balaban J connectivity index is -0.000000605. The summed E-state index contributed by atoms with van der Waals surface area (Å²) in [4.78, 5) is 0. The van der Waals surface area contributed by atoms with Crippen molar-refractivity contribution in [2.24, 2.45) is 0 Å². The second kappa shape index (κ2) is 6.99. The summed E-state index contributed by atoms with van der Waals surface area (Å²) in [5.74, 6) is -1.10. The molecule has 76 valence electrons. The summed E-state index contributed by atoms with van der Waals surface area (Å²) in [5, 5.41) is 0. The fraction of sp³-hybridized carbons (Fsp3) is 1.00. The van der Waals surface area contributed by atoms with Gasteiger partial charge >= 0.3 is 29.6 Å². The van der Waals surface area contributed by atoms with E-state index in [2.05, 4.69) is 4.39 Å².